The van der Waals surface area contributed by atoms with Crippen LogP contribution >= 0.6 is 24.2 Å². The number of fused-ring (bicyclic) bond motifs is 1. The third-order valence-corrected chi connectivity index (χ3v) is 3.51. The molecule has 0 spiro atoms. The van der Waals surface area contributed by atoms with E-state index in [4.69, 9.17) is 11.6 Å². The number of anilines is 1. The molecule has 1 N–H and O–H groups in total. The maximum atomic E-state index is 5.90. The van der Waals surface area contributed by atoms with Crippen LogP contribution in [0, 0.1) is 0 Å². The third kappa shape index (κ3) is 2.29. The second kappa shape index (κ2) is 4.45. The molecule has 15 heavy (non-hydrogen) atoms. The molecule has 2 nitrogen and oxygen atoms in total. The van der Waals surface area contributed by atoms with Gasteiger partial charge in [-0.1, -0.05) is 17.7 Å². The van der Waals surface area contributed by atoms with Crippen molar-refractivity contribution in [3.63, 3.8) is 0 Å². The number of thiol groups is 1. The Morgan fingerprint density at radius 3 is 3.27 bits per heavy atom. The van der Waals surface area contributed by atoms with Crippen molar-refractivity contribution in [1.82, 2.24) is 4.98 Å². The molecule has 0 bridgehead atoms. The highest BCUT2D eigenvalue weighted by molar-refractivity contribution is 7.84. The van der Waals surface area contributed by atoms with Crippen molar-refractivity contribution in [2.75, 3.05) is 11.9 Å². The van der Waals surface area contributed by atoms with Gasteiger partial charge in [0.05, 0.1) is 0 Å². The topological polar surface area (TPSA) is 24.9 Å². The van der Waals surface area contributed by atoms with Crippen molar-refractivity contribution < 1.29 is 0 Å². The average Bonchev–Trinajstić information content (AvgIpc) is 2.62. The first kappa shape index (κ1) is 10.8. The highest BCUT2D eigenvalue weighted by Crippen LogP contribution is 2.35. The zero-order valence-electron chi connectivity index (χ0n) is 8.50. The standard InChI is InChI=1S/C11H13ClN2S/c1-7(12)10(15)5-8-6-14-11-9(8)3-2-4-13-11/h2-4,8,15H,5-6H2,1H3,(H,13,14)/b10-7+. The molecule has 2 heterocycles. The second-order valence-corrected chi connectivity index (χ2v) is 4.81. The van der Waals surface area contributed by atoms with Crippen molar-refractivity contribution >= 4 is 30.0 Å². The van der Waals surface area contributed by atoms with Gasteiger partial charge in [0.15, 0.2) is 0 Å². The quantitative estimate of drug-likeness (QED) is 0.775. The molecule has 1 aliphatic rings. The fraction of sp³-hybridized carbons (Fsp3) is 0.364. The van der Waals surface area contributed by atoms with E-state index >= 15 is 0 Å². The maximum absolute atomic E-state index is 5.90. The second-order valence-electron chi connectivity index (χ2n) is 3.70. The fourth-order valence-electron chi connectivity index (χ4n) is 1.78. The van der Waals surface area contributed by atoms with Gasteiger partial charge in [-0.25, -0.2) is 4.98 Å². The van der Waals surface area contributed by atoms with Gasteiger partial charge < -0.3 is 5.32 Å². The number of halogens is 1. The highest BCUT2D eigenvalue weighted by Gasteiger charge is 2.23. The van der Waals surface area contributed by atoms with E-state index in [1.165, 1.54) is 5.56 Å². The van der Waals surface area contributed by atoms with E-state index in [2.05, 4.69) is 29.0 Å². The minimum atomic E-state index is 0.440. The van der Waals surface area contributed by atoms with E-state index in [1.54, 1.807) is 6.20 Å². The normalized spacial score (nSPS) is 20.6. The summed E-state index contributed by atoms with van der Waals surface area (Å²) in [5.41, 5.74) is 1.27. The molecule has 1 aliphatic heterocycles. The fourth-order valence-corrected chi connectivity index (χ4v) is 2.08. The van der Waals surface area contributed by atoms with E-state index in [-0.39, 0.29) is 0 Å². The molecule has 0 amide bonds. The van der Waals surface area contributed by atoms with Gasteiger partial charge in [0.25, 0.3) is 0 Å². The van der Waals surface area contributed by atoms with Crippen LogP contribution in [0.1, 0.15) is 24.8 Å². The number of nitrogens with zero attached hydrogens (tertiary/aromatic N) is 1. The summed E-state index contributed by atoms with van der Waals surface area (Å²) in [6, 6.07) is 4.08. The van der Waals surface area contributed by atoms with Crippen LogP contribution in [0.25, 0.3) is 0 Å². The lowest BCUT2D eigenvalue weighted by molar-refractivity contribution is 0.765. The molecule has 0 fully saturated rings. The SMILES string of the molecule is C/C(Cl)=C(\S)CC1CNc2ncccc21. The number of rotatable bonds is 2. The molecule has 0 radical (unpaired) electrons. The van der Waals surface area contributed by atoms with Crippen LogP contribution in [-0.4, -0.2) is 11.5 Å². The van der Waals surface area contributed by atoms with E-state index in [0.717, 1.165) is 28.7 Å². The number of nitrogens with one attached hydrogen (secondary N) is 1. The maximum Gasteiger partial charge on any atom is 0.129 e. The Labute approximate surface area is 100 Å². The lowest BCUT2D eigenvalue weighted by Gasteiger charge is -2.09. The monoisotopic (exact) mass is 240 g/mol. The number of aromatic nitrogens is 1. The summed E-state index contributed by atoms with van der Waals surface area (Å²) in [6.45, 7) is 2.79. The van der Waals surface area contributed by atoms with Crippen molar-refractivity contribution in [1.29, 1.82) is 0 Å². The van der Waals surface area contributed by atoms with Crippen LogP contribution in [0.5, 0.6) is 0 Å². The van der Waals surface area contributed by atoms with Crippen molar-refractivity contribution in [2.24, 2.45) is 0 Å². The Kier molecular flexibility index (Phi) is 3.22. The molecule has 4 heteroatoms. The van der Waals surface area contributed by atoms with Crippen LogP contribution in [-0.2, 0) is 0 Å². The highest BCUT2D eigenvalue weighted by atomic mass is 35.5. The van der Waals surface area contributed by atoms with Gasteiger partial charge in [0, 0.05) is 23.7 Å². The van der Waals surface area contributed by atoms with E-state index in [1.807, 2.05) is 13.0 Å². The minimum Gasteiger partial charge on any atom is -0.369 e. The predicted molar refractivity (Wildman–Crippen MR) is 67.6 cm³/mol. The molecule has 0 saturated carbocycles. The van der Waals surface area contributed by atoms with E-state index in [9.17, 15) is 0 Å². The summed E-state index contributed by atoms with van der Waals surface area (Å²) >= 11 is 10.3. The first-order chi connectivity index (χ1) is 7.18. The first-order valence-electron chi connectivity index (χ1n) is 4.91. The molecule has 2 rings (SSSR count). The van der Waals surface area contributed by atoms with Crippen LogP contribution in [0.3, 0.4) is 0 Å². The Balaban J connectivity index is 2.18. The summed E-state index contributed by atoms with van der Waals surface area (Å²) in [4.78, 5) is 5.24. The van der Waals surface area contributed by atoms with Crippen LogP contribution in [0.4, 0.5) is 5.82 Å². The Bertz CT molecular complexity index is 399. The lowest BCUT2D eigenvalue weighted by Crippen LogP contribution is -2.02. The minimum absolute atomic E-state index is 0.440. The molecule has 0 aliphatic carbocycles. The van der Waals surface area contributed by atoms with E-state index in [0.29, 0.717) is 5.92 Å². The van der Waals surface area contributed by atoms with Crippen molar-refractivity contribution in [3.05, 3.63) is 33.8 Å². The van der Waals surface area contributed by atoms with Crippen LogP contribution < -0.4 is 5.32 Å². The summed E-state index contributed by atoms with van der Waals surface area (Å²) in [5, 5.41) is 4.06. The molecule has 1 atom stereocenters. The van der Waals surface area contributed by atoms with Crippen LogP contribution in [0.2, 0.25) is 0 Å². The Morgan fingerprint density at radius 2 is 2.53 bits per heavy atom. The summed E-state index contributed by atoms with van der Waals surface area (Å²) in [7, 11) is 0. The molecular formula is C11H13ClN2S. The van der Waals surface area contributed by atoms with Crippen molar-refractivity contribution in [3.8, 4) is 0 Å². The van der Waals surface area contributed by atoms with Gasteiger partial charge in [0.2, 0.25) is 0 Å². The smallest absolute Gasteiger partial charge is 0.129 e. The summed E-state index contributed by atoms with van der Waals surface area (Å²) < 4.78 is 0. The largest absolute Gasteiger partial charge is 0.369 e. The van der Waals surface area contributed by atoms with Crippen molar-refractivity contribution in [2.45, 2.75) is 19.3 Å². The molecule has 0 aromatic carbocycles. The molecule has 1 aromatic heterocycles. The Hall–Kier alpha value is -0.670. The lowest BCUT2D eigenvalue weighted by atomic mass is 9.99. The van der Waals surface area contributed by atoms with Crippen LogP contribution in [0.15, 0.2) is 28.3 Å². The van der Waals surface area contributed by atoms with Gasteiger partial charge in [-0.3, -0.25) is 0 Å². The summed E-state index contributed by atoms with van der Waals surface area (Å²) in [6.07, 6.45) is 2.68. The van der Waals surface area contributed by atoms with Gasteiger partial charge in [-0.15, -0.1) is 12.6 Å². The predicted octanol–water partition coefficient (Wildman–Crippen LogP) is 3.38. The van der Waals surface area contributed by atoms with Gasteiger partial charge in [-0.2, -0.15) is 0 Å². The number of allylic oxidation sites excluding steroid dienone is 2. The zero-order chi connectivity index (χ0) is 10.8. The zero-order valence-corrected chi connectivity index (χ0v) is 10.1. The number of hydrogen-bond donors (Lipinski definition) is 2. The Morgan fingerprint density at radius 1 is 1.73 bits per heavy atom. The van der Waals surface area contributed by atoms with E-state index < -0.39 is 0 Å². The van der Waals surface area contributed by atoms with Gasteiger partial charge in [-0.05, 0) is 29.9 Å². The number of hydrogen-bond acceptors (Lipinski definition) is 3. The molecule has 80 valence electrons. The number of pyridine rings is 1. The average molecular weight is 241 g/mol. The molecule has 1 aromatic rings. The molecular weight excluding hydrogens is 228 g/mol. The molecule has 1 unspecified atom stereocenters. The molecule has 0 saturated heterocycles. The van der Waals surface area contributed by atoms with Gasteiger partial charge in [0.1, 0.15) is 5.82 Å². The summed E-state index contributed by atoms with van der Waals surface area (Å²) in [5.74, 6) is 1.44. The first-order valence-corrected chi connectivity index (χ1v) is 5.74. The third-order valence-electron chi connectivity index (χ3n) is 2.63. The van der Waals surface area contributed by atoms with Gasteiger partial charge >= 0.3 is 0 Å².